The second-order valence-corrected chi connectivity index (χ2v) is 4.84. The molecular weight excluding hydrogens is 256 g/mol. The third-order valence-corrected chi connectivity index (χ3v) is 3.02. The van der Waals surface area contributed by atoms with Gasteiger partial charge in [-0.2, -0.15) is 0 Å². The first kappa shape index (κ1) is 14.3. The standard InChI is InChI=1S/C15H18N2O3/c1-10(8-16-2)9-17-15(19)14-7-12(18)11-5-3-4-6-13(11)20-14/h3-7,10,16H,8-9H2,1-2H3,(H,17,19). The Morgan fingerprint density at radius 2 is 2.05 bits per heavy atom. The second kappa shape index (κ2) is 6.34. The van der Waals surface area contributed by atoms with Crippen LogP contribution in [-0.2, 0) is 0 Å². The molecule has 0 aliphatic heterocycles. The zero-order chi connectivity index (χ0) is 14.5. The summed E-state index contributed by atoms with van der Waals surface area (Å²) in [4.78, 5) is 23.9. The molecular formula is C15H18N2O3. The van der Waals surface area contributed by atoms with Gasteiger partial charge in [0.15, 0.2) is 11.2 Å². The summed E-state index contributed by atoms with van der Waals surface area (Å²) in [6.07, 6.45) is 0. The van der Waals surface area contributed by atoms with Gasteiger partial charge in [0.1, 0.15) is 5.58 Å². The minimum atomic E-state index is -0.365. The average molecular weight is 274 g/mol. The fourth-order valence-corrected chi connectivity index (χ4v) is 1.99. The van der Waals surface area contributed by atoms with E-state index in [-0.39, 0.29) is 17.1 Å². The minimum absolute atomic E-state index is 0.0466. The van der Waals surface area contributed by atoms with Crippen LogP contribution < -0.4 is 16.1 Å². The number of nitrogens with one attached hydrogen (secondary N) is 2. The van der Waals surface area contributed by atoms with E-state index in [0.717, 1.165) is 6.54 Å². The van der Waals surface area contributed by atoms with Crippen LogP contribution in [0.3, 0.4) is 0 Å². The van der Waals surface area contributed by atoms with Gasteiger partial charge in [0.2, 0.25) is 0 Å². The Morgan fingerprint density at radius 3 is 2.80 bits per heavy atom. The summed E-state index contributed by atoms with van der Waals surface area (Å²) in [5.74, 6) is -0.0164. The number of carbonyl (C=O) groups is 1. The van der Waals surface area contributed by atoms with Gasteiger partial charge in [-0.05, 0) is 31.6 Å². The van der Waals surface area contributed by atoms with E-state index in [1.807, 2.05) is 14.0 Å². The molecule has 5 heteroatoms. The Morgan fingerprint density at radius 1 is 1.30 bits per heavy atom. The van der Waals surface area contributed by atoms with Gasteiger partial charge in [-0.1, -0.05) is 19.1 Å². The molecule has 1 unspecified atom stereocenters. The summed E-state index contributed by atoms with van der Waals surface area (Å²) in [6, 6.07) is 8.12. The maximum Gasteiger partial charge on any atom is 0.287 e. The largest absolute Gasteiger partial charge is 0.451 e. The number of amides is 1. The first-order valence-electron chi connectivity index (χ1n) is 6.57. The highest BCUT2D eigenvalue weighted by Crippen LogP contribution is 2.11. The third kappa shape index (κ3) is 3.24. The second-order valence-electron chi connectivity index (χ2n) is 4.84. The lowest BCUT2D eigenvalue weighted by atomic mass is 10.2. The predicted molar refractivity (Wildman–Crippen MR) is 77.9 cm³/mol. The molecule has 2 rings (SSSR count). The highest BCUT2D eigenvalue weighted by Gasteiger charge is 2.12. The molecule has 0 saturated carbocycles. The SMILES string of the molecule is CNCC(C)CNC(=O)c1cc(=O)c2ccccc2o1. The third-order valence-electron chi connectivity index (χ3n) is 3.02. The maximum absolute atomic E-state index is 12.0. The minimum Gasteiger partial charge on any atom is -0.451 e. The van der Waals surface area contributed by atoms with Crippen LogP contribution in [0.15, 0.2) is 39.5 Å². The molecule has 0 spiro atoms. The molecule has 0 fully saturated rings. The van der Waals surface area contributed by atoms with E-state index in [4.69, 9.17) is 4.42 Å². The average Bonchev–Trinajstić information content (AvgIpc) is 2.45. The van der Waals surface area contributed by atoms with Crippen LogP contribution in [0.2, 0.25) is 0 Å². The molecule has 1 aromatic heterocycles. The van der Waals surface area contributed by atoms with Crippen molar-refractivity contribution in [2.24, 2.45) is 5.92 Å². The van der Waals surface area contributed by atoms with E-state index < -0.39 is 0 Å². The van der Waals surface area contributed by atoms with Crippen molar-refractivity contribution in [3.8, 4) is 0 Å². The zero-order valence-corrected chi connectivity index (χ0v) is 11.6. The number of carbonyl (C=O) groups excluding carboxylic acids is 1. The first-order valence-corrected chi connectivity index (χ1v) is 6.57. The Balaban J connectivity index is 2.16. The fraction of sp³-hybridized carbons (Fsp3) is 0.333. The molecule has 0 saturated heterocycles. The Kier molecular flexibility index (Phi) is 4.53. The van der Waals surface area contributed by atoms with Gasteiger partial charge in [0.25, 0.3) is 5.91 Å². The smallest absolute Gasteiger partial charge is 0.287 e. The van der Waals surface area contributed by atoms with Crippen molar-refractivity contribution in [3.05, 3.63) is 46.3 Å². The normalized spacial score (nSPS) is 12.3. The molecule has 20 heavy (non-hydrogen) atoms. The van der Waals surface area contributed by atoms with Crippen molar-refractivity contribution in [1.82, 2.24) is 10.6 Å². The molecule has 1 aromatic carbocycles. The van der Waals surface area contributed by atoms with Crippen molar-refractivity contribution in [2.75, 3.05) is 20.1 Å². The number of hydrogen-bond acceptors (Lipinski definition) is 4. The van der Waals surface area contributed by atoms with Gasteiger partial charge in [-0.3, -0.25) is 9.59 Å². The lowest BCUT2D eigenvalue weighted by molar-refractivity contribution is 0.0921. The molecule has 1 heterocycles. The van der Waals surface area contributed by atoms with E-state index in [1.165, 1.54) is 6.07 Å². The highest BCUT2D eigenvalue weighted by molar-refractivity contribution is 5.93. The van der Waals surface area contributed by atoms with E-state index in [2.05, 4.69) is 10.6 Å². The van der Waals surface area contributed by atoms with Crippen LogP contribution in [0.4, 0.5) is 0 Å². The molecule has 5 nitrogen and oxygen atoms in total. The van der Waals surface area contributed by atoms with Crippen LogP contribution in [0.25, 0.3) is 11.0 Å². The molecule has 0 aliphatic rings. The molecule has 0 aliphatic carbocycles. The van der Waals surface area contributed by atoms with Crippen molar-refractivity contribution in [3.63, 3.8) is 0 Å². The summed E-state index contributed by atoms with van der Waals surface area (Å²) in [7, 11) is 1.86. The quantitative estimate of drug-likeness (QED) is 0.864. The van der Waals surface area contributed by atoms with Gasteiger partial charge in [0.05, 0.1) is 5.39 Å². The number of fused-ring (bicyclic) bond motifs is 1. The molecule has 0 radical (unpaired) electrons. The predicted octanol–water partition coefficient (Wildman–Crippen LogP) is 1.38. The van der Waals surface area contributed by atoms with Crippen molar-refractivity contribution < 1.29 is 9.21 Å². The van der Waals surface area contributed by atoms with Crippen molar-refractivity contribution in [2.45, 2.75) is 6.92 Å². The van der Waals surface area contributed by atoms with Crippen LogP contribution in [0, 0.1) is 5.92 Å². The van der Waals surface area contributed by atoms with E-state index in [1.54, 1.807) is 24.3 Å². The Labute approximate surface area is 117 Å². The van der Waals surface area contributed by atoms with Crippen LogP contribution >= 0.6 is 0 Å². The summed E-state index contributed by atoms with van der Waals surface area (Å²) < 4.78 is 5.47. The van der Waals surface area contributed by atoms with Gasteiger partial charge in [-0.25, -0.2) is 0 Å². The number of benzene rings is 1. The summed E-state index contributed by atoms with van der Waals surface area (Å²) in [6.45, 7) is 3.35. The Bertz CT molecular complexity index is 663. The Hall–Kier alpha value is -2.14. The topological polar surface area (TPSA) is 71.3 Å². The number of hydrogen-bond donors (Lipinski definition) is 2. The van der Waals surface area contributed by atoms with Crippen molar-refractivity contribution >= 4 is 16.9 Å². The first-order chi connectivity index (χ1) is 9.61. The summed E-state index contributed by atoms with van der Waals surface area (Å²) >= 11 is 0. The molecule has 106 valence electrons. The van der Waals surface area contributed by atoms with Crippen LogP contribution in [0.1, 0.15) is 17.5 Å². The zero-order valence-electron chi connectivity index (χ0n) is 11.6. The molecule has 0 bridgehead atoms. The molecule has 1 atom stereocenters. The monoisotopic (exact) mass is 274 g/mol. The van der Waals surface area contributed by atoms with Gasteiger partial charge >= 0.3 is 0 Å². The summed E-state index contributed by atoms with van der Waals surface area (Å²) in [5.41, 5.74) is 0.216. The lowest BCUT2D eigenvalue weighted by Crippen LogP contribution is -2.32. The highest BCUT2D eigenvalue weighted by atomic mass is 16.3. The van der Waals surface area contributed by atoms with E-state index in [9.17, 15) is 9.59 Å². The fourth-order valence-electron chi connectivity index (χ4n) is 1.99. The lowest BCUT2D eigenvalue weighted by Gasteiger charge is -2.11. The van der Waals surface area contributed by atoms with E-state index in [0.29, 0.717) is 23.4 Å². The van der Waals surface area contributed by atoms with Gasteiger partial charge in [-0.15, -0.1) is 0 Å². The number of para-hydroxylation sites is 1. The van der Waals surface area contributed by atoms with Crippen molar-refractivity contribution in [1.29, 1.82) is 0 Å². The maximum atomic E-state index is 12.0. The van der Waals surface area contributed by atoms with Crippen LogP contribution in [-0.4, -0.2) is 26.0 Å². The van der Waals surface area contributed by atoms with E-state index >= 15 is 0 Å². The van der Waals surface area contributed by atoms with Crippen LogP contribution in [0.5, 0.6) is 0 Å². The molecule has 2 N–H and O–H groups in total. The van der Waals surface area contributed by atoms with Gasteiger partial charge in [0, 0.05) is 12.6 Å². The molecule has 1 amide bonds. The van der Waals surface area contributed by atoms with Gasteiger partial charge < -0.3 is 15.1 Å². The summed E-state index contributed by atoms with van der Waals surface area (Å²) in [5, 5.41) is 6.28. The number of rotatable bonds is 5. The molecule has 2 aromatic rings.